The Kier molecular flexibility index (Phi) is 5.35. The number of primary amides is 1. The van der Waals surface area contributed by atoms with Gasteiger partial charge in [0, 0.05) is 18.8 Å². The second-order valence-electron chi connectivity index (χ2n) is 5.13. The molecule has 0 radical (unpaired) electrons. The Bertz CT molecular complexity index is 539. The number of likely N-dealkylation sites (tertiary alicyclic amines) is 1. The van der Waals surface area contributed by atoms with Crippen molar-refractivity contribution >= 4 is 23.6 Å². The monoisotopic (exact) mass is 305 g/mol. The Labute approximate surface area is 128 Å². The van der Waals surface area contributed by atoms with E-state index in [1.54, 1.807) is 4.90 Å². The van der Waals surface area contributed by atoms with Crippen LogP contribution < -0.4 is 11.1 Å². The number of anilines is 1. The molecule has 22 heavy (non-hydrogen) atoms. The smallest absolute Gasteiger partial charge is 0.321 e. The van der Waals surface area contributed by atoms with Gasteiger partial charge in [-0.2, -0.15) is 0 Å². The van der Waals surface area contributed by atoms with E-state index in [-0.39, 0.29) is 11.9 Å². The largest absolute Gasteiger partial charge is 0.455 e. The third-order valence-corrected chi connectivity index (χ3v) is 3.50. The van der Waals surface area contributed by atoms with Crippen molar-refractivity contribution in [3.8, 4) is 0 Å². The first-order valence-electron chi connectivity index (χ1n) is 7.12. The molecule has 0 bridgehead atoms. The molecule has 7 heteroatoms. The predicted octanol–water partition coefficient (Wildman–Crippen LogP) is 0.959. The van der Waals surface area contributed by atoms with Crippen LogP contribution in [0, 0.1) is 5.92 Å². The zero-order chi connectivity index (χ0) is 15.9. The second kappa shape index (κ2) is 7.44. The summed E-state index contributed by atoms with van der Waals surface area (Å²) in [6.07, 6.45) is 1.03. The van der Waals surface area contributed by atoms with Crippen molar-refractivity contribution in [2.75, 3.05) is 25.0 Å². The topological polar surface area (TPSA) is 102 Å². The van der Waals surface area contributed by atoms with E-state index in [1.807, 2.05) is 30.3 Å². The highest BCUT2D eigenvalue weighted by Crippen LogP contribution is 2.19. The van der Waals surface area contributed by atoms with E-state index in [4.69, 9.17) is 10.5 Å². The minimum atomic E-state index is -0.673. The normalized spacial score (nSPS) is 15.2. The average Bonchev–Trinajstić information content (AvgIpc) is 2.53. The molecule has 0 aliphatic carbocycles. The fourth-order valence-corrected chi connectivity index (χ4v) is 2.30. The van der Waals surface area contributed by atoms with E-state index in [0.29, 0.717) is 25.9 Å². The van der Waals surface area contributed by atoms with Gasteiger partial charge in [-0.1, -0.05) is 18.2 Å². The third kappa shape index (κ3) is 4.47. The van der Waals surface area contributed by atoms with E-state index in [9.17, 15) is 14.4 Å². The summed E-state index contributed by atoms with van der Waals surface area (Å²) in [5.41, 5.74) is 5.66. The average molecular weight is 305 g/mol. The first-order valence-corrected chi connectivity index (χ1v) is 7.12. The molecule has 1 heterocycles. The van der Waals surface area contributed by atoms with Gasteiger partial charge in [0.2, 0.25) is 0 Å². The first kappa shape index (κ1) is 15.8. The number of rotatable bonds is 4. The number of amides is 3. The number of carbonyl (C=O) groups is 3. The molecular weight excluding hydrogens is 286 g/mol. The number of hydrogen-bond acceptors (Lipinski definition) is 4. The highest BCUT2D eigenvalue weighted by atomic mass is 16.5. The quantitative estimate of drug-likeness (QED) is 0.809. The van der Waals surface area contributed by atoms with Crippen LogP contribution in [0.5, 0.6) is 0 Å². The van der Waals surface area contributed by atoms with Gasteiger partial charge in [0.05, 0.1) is 5.92 Å². The lowest BCUT2D eigenvalue weighted by atomic mass is 9.97. The number of para-hydroxylation sites is 1. The molecule has 1 aromatic carbocycles. The molecule has 0 saturated carbocycles. The summed E-state index contributed by atoms with van der Waals surface area (Å²) in [6, 6.07) is 9.00. The standard InChI is InChI=1S/C15H19N3O4/c16-13(19)10-22-14(20)11-6-8-18(9-7-11)15(21)17-12-4-2-1-3-5-12/h1-5,11H,6-10H2,(H2,16,19)(H,17,21). The van der Waals surface area contributed by atoms with Crippen LogP contribution in [0.3, 0.4) is 0 Å². The van der Waals surface area contributed by atoms with Crippen molar-refractivity contribution in [1.29, 1.82) is 0 Å². The number of nitrogens with zero attached hydrogens (tertiary/aromatic N) is 1. The minimum absolute atomic E-state index is 0.185. The Morgan fingerprint density at radius 1 is 1.18 bits per heavy atom. The van der Waals surface area contributed by atoms with Crippen LogP contribution in [-0.2, 0) is 14.3 Å². The molecule has 0 spiro atoms. The Hall–Kier alpha value is -2.57. The Morgan fingerprint density at radius 3 is 2.41 bits per heavy atom. The minimum Gasteiger partial charge on any atom is -0.455 e. The lowest BCUT2D eigenvalue weighted by Gasteiger charge is -2.30. The maximum Gasteiger partial charge on any atom is 0.321 e. The molecule has 0 unspecified atom stereocenters. The Balaban J connectivity index is 1.78. The fourth-order valence-electron chi connectivity index (χ4n) is 2.30. The van der Waals surface area contributed by atoms with E-state index in [2.05, 4.69) is 5.32 Å². The summed E-state index contributed by atoms with van der Waals surface area (Å²) in [7, 11) is 0. The molecule has 3 N–H and O–H groups in total. The molecule has 1 aliphatic rings. The van der Waals surface area contributed by atoms with Crippen molar-refractivity contribution in [3.05, 3.63) is 30.3 Å². The van der Waals surface area contributed by atoms with E-state index >= 15 is 0 Å². The molecular formula is C15H19N3O4. The van der Waals surface area contributed by atoms with Gasteiger partial charge in [-0.25, -0.2) is 4.79 Å². The first-order chi connectivity index (χ1) is 10.6. The lowest BCUT2D eigenvalue weighted by molar-refractivity contribution is -0.153. The number of nitrogens with one attached hydrogen (secondary N) is 1. The highest BCUT2D eigenvalue weighted by molar-refractivity contribution is 5.89. The highest BCUT2D eigenvalue weighted by Gasteiger charge is 2.28. The van der Waals surface area contributed by atoms with Gasteiger partial charge in [-0.15, -0.1) is 0 Å². The summed E-state index contributed by atoms with van der Waals surface area (Å²) in [6.45, 7) is 0.539. The van der Waals surface area contributed by atoms with Crippen molar-refractivity contribution in [2.45, 2.75) is 12.8 Å². The molecule has 1 aromatic rings. The molecule has 1 fully saturated rings. The van der Waals surface area contributed by atoms with Crippen LogP contribution in [0.15, 0.2) is 30.3 Å². The van der Waals surface area contributed by atoms with E-state index in [0.717, 1.165) is 5.69 Å². The van der Waals surface area contributed by atoms with Crippen molar-refractivity contribution < 1.29 is 19.1 Å². The Morgan fingerprint density at radius 2 is 1.82 bits per heavy atom. The maximum atomic E-state index is 12.1. The van der Waals surface area contributed by atoms with Crippen LogP contribution >= 0.6 is 0 Å². The summed E-state index contributed by atoms with van der Waals surface area (Å²) in [5, 5.41) is 2.81. The predicted molar refractivity (Wildman–Crippen MR) is 79.9 cm³/mol. The molecule has 2 rings (SSSR count). The van der Waals surface area contributed by atoms with Crippen molar-refractivity contribution in [3.63, 3.8) is 0 Å². The van der Waals surface area contributed by atoms with Gasteiger partial charge in [0.25, 0.3) is 5.91 Å². The number of hydrogen-bond donors (Lipinski definition) is 2. The summed E-state index contributed by atoms with van der Waals surface area (Å²) in [5.74, 6) is -1.39. The third-order valence-electron chi connectivity index (χ3n) is 3.50. The molecule has 1 aliphatic heterocycles. The van der Waals surface area contributed by atoms with Gasteiger partial charge >= 0.3 is 12.0 Å². The summed E-state index contributed by atoms with van der Waals surface area (Å²) >= 11 is 0. The van der Waals surface area contributed by atoms with Crippen LogP contribution in [0.25, 0.3) is 0 Å². The number of carbonyl (C=O) groups excluding carboxylic acids is 3. The van der Waals surface area contributed by atoms with Crippen LogP contribution in [0.4, 0.5) is 10.5 Å². The second-order valence-corrected chi connectivity index (χ2v) is 5.13. The van der Waals surface area contributed by atoms with Gasteiger partial charge in [0.1, 0.15) is 0 Å². The summed E-state index contributed by atoms with van der Waals surface area (Å²) < 4.78 is 4.80. The number of urea groups is 1. The van der Waals surface area contributed by atoms with Crippen LogP contribution in [0.1, 0.15) is 12.8 Å². The summed E-state index contributed by atoms with van der Waals surface area (Å²) in [4.78, 5) is 36.1. The molecule has 118 valence electrons. The maximum absolute atomic E-state index is 12.1. The number of nitrogens with two attached hydrogens (primary N) is 1. The molecule has 3 amide bonds. The zero-order valence-corrected chi connectivity index (χ0v) is 12.2. The van der Waals surface area contributed by atoms with E-state index in [1.165, 1.54) is 0 Å². The number of benzene rings is 1. The molecule has 7 nitrogen and oxygen atoms in total. The lowest BCUT2D eigenvalue weighted by Crippen LogP contribution is -2.43. The van der Waals surface area contributed by atoms with Gasteiger partial charge < -0.3 is 20.7 Å². The van der Waals surface area contributed by atoms with Crippen molar-refractivity contribution in [2.24, 2.45) is 11.7 Å². The van der Waals surface area contributed by atoms with Gasteiger partial charge in [-0.05, 0) is 25.0 Å². The fraction of sp³-hybridized carbons (Fsp3) is 0.400. The van der Waals surface area contributed by atoms with Crippen molar-refractivity contribution in [1.82, 2.24) is 4.90 Å². The molecule has 0 aromatic heterocycles. The molecule has 1 saturated heterocycles. The van der Waals surface area contributed by atoms with Crippen LogP contribution in [0.2, 0.25) is 0 Å². The van der Waals surface area contributed by atoms with E-state index < -0.39 is 18.5 Å². The number of esters is 1. The van der Waals surface area contributed by atoms with Gasteiger partial charge in [0.15, 0.2) is 6.61 Å². The zero-order valence-electron chi connectivity index (χ0n) is 12.2. The van der Waals surface area contributed by atoms with Crippen LogP contribution in [-0.4, -0.2) is 42.5 Å². The number of piperidine rings is 1. The SMILES string of the molecule is NC(=O)COC(=O)C1CCN(C(=O)Nc2ccccc2)CC1. The molecule has 0 atom stereocenters. The van der Waals surface area contributed by atoms with Gasteiger partial charge in [-0.3, -0.25) is 9.59 Å². The number of ether oxygens (including phenoxy) is 1.